The Hall–Kier alpha value is -2.44. The first-order chi connectivity index (χ1) is 48.0. The summed E-state index contributed by atoms with van der Waals surface area (Å²) >= 11 is 0. The predicted octanol–water partition coefficient (Wildman–Crippen LogP) is 29.7. The first kappa shape index (κ1) is 94.6. The molecule has 0 spiro atoms. The van der Waals surface area contributed by atoms with Gasteiger partial charge < -0.3 is 20.3 Å². The minimum Gasteiger partial charge on any atom is -0.466 e. The molecule has 6 nitrogen and oxygen atoms in total. The Bertz CT molecular complexity index is 1670. The summed E-state index contributed by atoms with van der Waals surface area (Å²) in [6.45, 7) is 4.93. The molecule has 570 valence electrons. The van der Waals surface area contributed by atoms with Gasteiger partial charge in [-0.25, -0.2) is 0 Å². The molecule has 0 aromatic rings. The molecule has 0 saturated heterocycles. The smallest absolute Gasteiger partial charge is 0.305 e. The van der Waals surface area contributed by atoms with E-state index >= 15 is 0 Å². The van der Waals surface area contributed by atoms with Crippen LogP contribution in [0.5, 0.6) is 0 Å². The third kappa shape index (κ3) is 82.4. The van der Waals surface area contributed by atoms with Gasteiger partial charge in [0.25, 0.3) is 0 Å². The van der Waals surface area contributed by atoms with E-state index < -0.39 is 12.1 Å². The van der Waals surface area contributed by atoms with E-state index in [1.807, 2.05) is 6.08 Å². The molecule has 0 aromatic carbocycles. The highest BCUT2D eigenvalue weighted by Crippen LogP contribution is 2.20. The summed E-state index contributed by atoms with van der Waals surface area (Å²) in [6, 6.07) is -0.628. The molecule has 0 saturated carbocycles. The lowest BCUT2D eigenvalue weighted by atomic mass is 10.0. The average Bonchev–Trinajstić information content (AvgIpc) is 3.77. The van der Waals surface area contributed by atoms with Crippen molar-refractivity contribution < 1.29 is 24.5 Å². The van der Waals surface area contributed by atoms with E-state index in [1.54, 1.807) is 6.08 Å². The fraction of sp³-hybridized carbons (Fsp3) is 0.868. The maximum atomic E-state index is 12.6. The number of carbonyl (C=O) groups excluding carboxylic acids is 2. The topological polar surface area (TPSA) is 95.9 Å². The number of hydrogen-bond donors (Lipinski definition) is 3. The number of unbranched alkanes of at least 4 members (excludes halogenated alkanes) is 64. The standard InChI is InChI=1S/C91H171NO5/c1-3-5-7-9-11-13-15-17-19-21-23-24-25-41-44-48-51-55-59-63-67-71-75-79-83-89(94)88(87-93)92-90(95)84-80-76-72-68-64-60-56-52-49-45-42-39-37-35-33-31-29-27-26-28-30-32-34-36-38-40-43-46-50-54-58-62-66-70-74-78-82-86-97-91(96)85-81-77-73-69-65-61-57-53-47-22-20-18-16-14-12-10-8-6-4-2/h12,14,18,20,26,28,32,34,79,83,88-89,93-94H,3-11,13,15-17,19,21-25,27,29-31,33,35-78,80-82,84-87H2,1-2H3,(H,92,95)/b14-12-,20-18-,28-26-,34-32-,83-79+. The summed E-state index contributed by atoms with van der Waals surface area (Å²) in [5.41, 5.74) is 0. The number of aliphatic hydroxyl groups excluding tert-OH is 2. The molecule has 2 atom stereocenters. The number of nitrogens with one attached hydrogen (secondary N) is 1. The van der Waals surface area contributed by atoms with Crippen LogP contribution in [-0.4, -0.2) is 47.4 Å². The lowest BCUT2D eigenvalue weighted by Gasteiger charge is -2.20. The fourth-order valence-electron chi connectivity index (χ4n) is 13.8. The molecule has 0 fully saturated rings. The zero-order valence-corrected chi connectivity index (χ0v) is 65.6. The van der Waals surface area contributed by atoms with E-state index in [0.29, 0.717) is 19.4 Å². The number of esters is 1. The van der Waals surface area contributed by atoms with Crippen LogP contribution < -0.4 is 5.32 Å². The van der Waals surface area contributed by atoms with E-state index in [2.05, 4.69) is 67.8 Å². The van der Waals surface area contributed by atoms with Crippen molar-refractivity contribution >= 4 is 11.9 Å². The summed E-state index contributed by atoms with van der Waals surface area (Å²) in [4.78, 5) is 24.7. The van der Waals surface area contributed by atoms with Crippen LogP contribution in [-0.2, 0) is 14.3 Å². The summed E-state index contributed by atoms with van der Waals surface area (Å²) in [5.74, 6) is -0.0450. The van der Waals surface area contributed by atoms with Crippen LogP contribution in [0.3, 0.4) is 0 Å². The number of hydrogen-bond acceptors (Lipinski definition) is 5. The summed E-state index contributed by atoms with van der Waals surface area (Å²) < 4.78 is 5.52. The minimum atomic E-state index is -0.845. The zero-order chi connectivity index (χ0) is 69.8. The van der Waals surface area contributed by atoms with Gasteiger partial charge in [0, 0.05) is 12.8 Å². The van der Waals surface area contributed by atoms with Crippen molar-refractivity contribution in [2.45, 2.75) is 495 Å². The van der Waals surface area contributed by atoms with Gasteiger partial charge in [0.15, 0.2) is 0 Å². The number of ether oxygens (including phenoxy) is 1. The molecule has 97 heavy (non-hydrogen) atoms. The molecule has 0 bridgehead atoms. The molecular formula is C91H171NO5. The highest BCUT2D eigenvalue weighted by Gasteiger charge is 2.18. The molecule has 1 amide bonds. The minimum absolute atomic E-state index is 0.0153. The van der Waals surface area contributed by atoms with Crippen LogP contribution in [0, 0.1) is 0 Å². The molecule has 0 rings (SSSR count). The molecule has 0 heterocycles. The van der Waals surface area contributed by atoms with Gasteiger partial charge in [0.1, 0.15) is 0 Å². The monoisotopic (exact) mass is 1360 g/mol. The van der Waals surface area contributed by atoms with E-state index in [-0.39, 0.29) is 18.5 Å². The van der Waals surface area contributed by atoms with Crippen molar-refractivity contribution in [2.24, 2.45) is 0 Å². The SMILES string of the molecule is CCCCC/C=C\C/C=C\CCCCCCCCCCCC(=O)OCCCCCCCCCCCCCCC/C=C\C/C=C\CCCCCCCCCCCCCCCCCCCC(=O)NC(CO)C(O)/C=C/CCCCCCCCCCCCCCCCCCCCCCCC. The van der Waals surface area contributed by atoms with Crippen molar-refractivity contribution in [3.05, 3.63) is 60.8 Å². The normalized spacial score (nSPS) is 12.7. The van der Waals surface area contributed by atoms with Crippen molar-refractivity contribution in [2.75, 3.05) is 13.2 Å². The Balaban J connectivity index is 3.38. The third-order valence-electron chi connectivity index (χ3n) is 20.5. The molecule has 0 aromatic heterocycles. The summed E-state index contributed by atoms with van der Waals surface area (Å²) in [7, 11) is 0. The maximum absolute atomic E-state index is 12.6. The van der Waals surface area contributed by atoms with Crippen molar-refractivity contribution in [3.8, 4) is 0 Å². The van der Waals surface area contributed by atoms with E-state index in [1.165, 1.54) is 398 Å². The van der Waals surface area contributed by atoms with Gasteiger partial charge >= 0.3 is 5.97 Å². The Kier molecular flexibility index (Phi) is 83.8. The Labute approximate surface area is 607 Å². The van der Waals surface area contributed by atoms with Gasteiger partial charge in [-0.3, -0.25) is 9.59 Å². The first-order valence-electron chi connectivity index (χ1n) is 44.1. The maximum Gasteiger partial charge on any atom is 0.305 e. The van der Waals surface area contributed by atoms with Gasteiger partial charge in [0.2, 0.25) is 5.91 Å². The van der Waals surface area contributed by atoms with E-state index in [0.717, 1.165) is 57.8 Å². The first-order valence-corrected chi connectivity index (χ1v) is 44.1. The second kappa shape index (κ2) is 86.0. The molecular weight excluding hydrogens is 1190 g/mol. The van der Waals surface area contributed by atoms with Crippen LogP contribution in [0.25, 0.3) is 0 Å². The van der Waals surface area contributed by atoms with Crippen LogP contribution in [0.2, 0.25) is 0 Å². The average molecular weight is 1360 g/mol. The van der Waals surface area contributed by atoms with Gasteiger partial charge in [-0.1, -0.05) is 434 Å². The second-order valence-electron chi connectivity index (χ2n) is 30.2. The highest BCUT2D eigenvalue weighted by molar-refractivity contribution is 5.76. The number of allylic oxidation sites excluding steroid dienone is 9. The van der Waals surface area contributed by atoms with Crippen molar-refractivity contribution in [3.63, 3.8) is 0 Å². The molecule has 0 aliphatic carbocycles. The zero-order valence-electron chi connectivity index (χ0n) is 65.6. The quantitative estimate of drug-likeness (QED) is 0.0320. The molecule has 2 unspecified atom stereocenters. The number of rotatable bonds is 83. The number of amides is 1. The van der Waals surface area contributed by atoms with Crippen LogP contribution >= 0.6 is 0 Å². The van der Waals surface area contributed by atoms with E-state index in [9.17, 15) is 19.8 Å². The Morgan fingerprint density at radius 3 is 0.804 bits per heavy atom. The predicted molar refractivity (Wildman–Crippen MR) is 430 cm³/mol. The lowest BCUT2D eigenvalue weighted by molar-refractivity contribution is -0.143. The van der Waals surface area contributed by atoms with Crippen LogP contribution in [0.15, 0.2) is 60.8 Å². The molecule has 6 heteroatoms. The number of carbonyl (C=O) groups is 2. The highest BCUT2D eigenvalue weighted by atomic mass is 16.5. The van der Waals surface area contributed by atoms with Crippen LogP contribution in [0.1, 0.15) is 483 Å². The molecule has 0 aliphatic heterocycles. The largest absolute Gasteiger partial charge is 0.466 e. The molecule has 0 radical (unpaired) electrons. The van der Waals surface area contributed by atoms with Gasteiger partial charge in [-0.15, -0.1) is 0 Å². The molecule has 3 N–H and O–H groups in total. The lowest BCUT2D eigenvalue weighted by Crippen LogP contribution is -2.45. The fourth-order valence-corrected chi connectivity index (χ4v) is 13.8. The summed E-state index contributed by atoms with van der Waals surface area (Å²) in [5, 5.41) is 23.3. The van der Waals surface area contributed by atoms with Gasteiger partial charge in [-0.2, -0.15) is 0 Å². The van der Waals surface area contributed by atoms with Crippen LogP contribution in [0.4, 0.5) is 0 Å². The summed E-state index contributed by atoms with van der Waals surface area (Å²) in [6.07, 6.45) is 117. The third-order valence-corrected chi connectivity index (χ3v) is 20.5. The van der Waals surface area contributed by atoms with Crippen molar-refractivity contribution in [1.82, 2.24) is 5.32 Å². The molecule has 0 aliphatic rings. The van der Waals surface area contributed by atoms with Crippen molar-refractivity contribution in [1.29, 1.82) is 0 Å². The second-order valence-corrected chi connectivity index (χ2v) is 30.2. The number of aliphatic hydroxyl groups is 2. The Morgan fingerprint density at radius 1 is 0.289 bits per heavy atom. The Morgan fingerprint density at radius 2 is 0.515 bits per heavy atom. The van der Waals surface area contributed by atoms with Gasteiger partial charge in [-0.05, 0) is 96.3 Å². The van der Waals surface area contributed by atoms with Gasteiger partial charge in [0.05, 0.1) is 25.4 Å². The van der Waals surface area contributed by atoms with E-state index in [4.69, 9.17) is 4.74 Å².